The lowest BCUT2D eigenvalue weighted by molar-refractivity contribution is 0.363. The molecule has 0 spiro atoms. The molecule has 1 heterocycles. The molecule has 0 saturated heterocycles. The summed E-state index contributed by atoms with van der Waals surface area (Å²) in [6.45, 7) is 2.56. The van der Waals surface area contributed by atoms with Crippen molar-refractivity contribution in [1.82, 2.24) is 0 Å². The standard InChI is InChI=1S/C15H13NOS/c1-2-3-10-17-13-6-4-12(5-7-13)15-9-8-14(11-16)18-15/h2-9H,10H2,1H3/b3-2+. The van der Waals surface area contributed by atoms with E-state index in [1.165, 1.54) is 11.3 Å². The predicted molar refractivity (Wildman–Crippen MR) is 74.8 cm³/mol. The number of nitriles is 1. The third kappa shape index (κ3) is 2.99. The molecule has 18 heavy (non-hydrogen) atoms. The summed E-state index contributed by atoms with van der Waals surface area (Å²) in [7, 11) is 0. The molecule has 0 aliphatic rings. The van der Waals surface area contributed by atoms with Crippen molar-refractivity contribution in [1.29, 1.82) is 5.26 Å². The van der Waals surface area contributed by atoms with Gasteiger partial charge in [-0.25, -0.2) is 0 Å². The molecule has 0 atom stereocenters. The van der Waals surface area contributed by atoms with Crippen LogP contribution in [0.25, 0.3) is 10.4 Å². The van der Waals surface area contributed by atoms with Gasteiger partial charge in [0.25, 0.3) is 0 Å². The first kappa shape index (κ1) is 12.4. The number of nitrogens with zero attached hydrogens (tertiary/aromatic N) is 1. The van der Waals surface area contributed by atoms with Crippen LogP contribution >= 0.6 is 11.3 Å². The second-order valence-corrected chi connectivity index (χ2v) is 4.76. The van der Waals surface area contributed by atoms with Gasteiger partial charge in [-0.1, -0.05) is 12.2 Å². The van der Waals surface area contributed by atoms with Crippen LogP contribution in [0.1, 0.15) is 11.8 Å². The summed E-state index contributed by atoms with van der Waals surface area (Å²) in [5, 5.41) is 8.80. The molecule has 0 fully saturated rings. The molecule has 0 unspecified atom stereocenters. The minimum atomic E-state index is 0.591. The number of thiophene rings is 1. The predicted octanol–water partition coefficient (Wildman–Crippen LogP) is 4.24. The fourth-order valence-corrected chi connectivity index (χ4v) is 2.32. The fourth-order valence-electron chi connectivity index (χ4n) is 1.51. The van der Waals surface area contributed by atoms with Crippen molar-refractivity contribution in [2.45, 2.75) is 6.92 Å². The Hall–Kier alpha value is -2.05. The molecule has 1 aromatic heterocycles. The summed E-state index contributed by atoms with van der Waals surface area (Å²) >= 11 is 1.50. The van der Waals surface area contributed by atoms with Crippen LogP contribution in [0.15, 0.2) is 48.6 Å². The second kappa shape index (κ2) is 6.04. The van der Waals surface area contributed by atoms with E-state index >= 15 is 0 Å². The Kier molecular flexibility index (Phi) is 4.16. The van der Waals surface area contributed by atoms with E-state index in [9.17, 15) is 0 Å². The third-order valence-corrected chi connectivity index (χ3v) is 3.48. The van der Waals surface area contributed by atoms with Crippen LogP contribution in [0.3, 0.4) is 0 Å². The van der Waals surface area contributed by atoms with Crippen LogP contribution in [-0.2, 0) is 0 Å². The molecular formula is C15H13NOS. The van der Waals surface area contributed by atoms with Gasteiger partial charge < -0.3 is 4.74 Å². The number of hydrogen-bond donors (Lipinski definition) is 0. The highest BCUT2D eigenvalue weighted by atomic mass is 32.1. The highest BCUT2D eigenvalue weighted by Gasteiger charge is 2.02. The van der Waals surface area contributed by atoms with Crippen LogP contribution < -0.4 is 4.74 Å². The van der Waals surface area contributed by atoms with Gasteiger partial charge in [-0.3, -0.25) is 0 Å². The molecular weight excluding hydrogens is 242 g/mol. The monoisotopic (exact) mass is 255 g/mol. The lowest BCUT2D eigenvalue weighted by Gasteiger charge is -2.03. The zero-order chi connectivity index (χ0) is 12.8. The molecule has 90 valence electrons. The molecule has 0 bridgehead atoms. The van der Waals surface area contributed by atoms with Gasteiger partial charge in [0.15, 0.2) is 0 Å². The van der Waals surface area contributed by atoms with Gasteiger partial charge >= 0.3 is 0 Å². The van der Waals surface area contributed by atoms with Crippen LogP contribution in [0, 0.1) is 11.3 Å². The van der Waals surface area contributed by atoms with Crippen molar-refractivity contribution in [3.8, 4) is 22.3 Å². The van der Waals surface area contributed by atoms with Crippen LogP contribution in [0.5, 0.6) is 5.75 Å². The maximum absolute atomic E-state index is 8.80. The molecule has 0 radical (unpaired) electrons. The zero-order valence-corrected chi connectivity index (χ0v) is 10.9. The summed E-state index contributed by atoms with van der Waals surface area (Å²) in [5.41, 5.74) is 1.11. The summed E-state index contributed by atoms with van der Waals surface area (Å²) in [4.78, 5) is 1.84. The maximum atomic E-state index is 8.80. The first-order chi connectivity index (χ1) is 8.83. The molecule has 2 nitrogen and oxygen atoms in total. The Balaban J connectivity index is 2.10. The Bertz CT molecular complexity index is 575. The Labute approximate surface area is 111 Å². The Morgan fingerprint density at radius 1 is 1.22 bits per heavy atom. The van der Waals surface area contributed by atoms with Crippen molar-refractivity contribution >= 4 is 11.3 Å². The first-order valence-electron chi connectivity index (χ1n) is 5.68. The normalized spacial score (nSPS) is 10.4. The maximum Gasteiger partial charge on any atom is 0.119 e. The fraction of sp³-hybridized carbons (Fsp3) is 0.133. The largest absolute Gasteiger partial charge is 0.490 e. The van der Waals surface area contributed by atoms with Crippen LogP contribution in [0.4, 0.5) is 0 Å². The van der Waals surface area contributed by atoms with Gasteiger partial charge in [0.05, 0.1) is 0 Å². The molecule has 3 heteroatoms. The van der Waals surface area contributed by atoms with E-state index in [4.69, 9.17) is 10.00 Å². The summed E-state index contributed by atoms with van der Waals surface area (Å²) < 4.78 is 5.53. The quantitative estimate of drug-likeness (QED) is 0.765. The van der Waals surface area contributed by atoms with Gasteiger partial charge in [-0.05, 0) is 48.9 Å². The minimum absolute atomic E-state index is 0.591. The van der Waals surface area contributed by atoms with Crippen molar-refractivity contribution in [2.75, 3.05) is 6.61 Å². The van der Waals surface area contributed by atoms with E-state index in [1.54, 1.807) is 0 Å². The average Bonchev–Trinajstić information content (AvgIpc) is 2.89. The highest BCUT2D eigenvalue weighted by Crippen LogP contribution is 2.28. The van der Waals surface area contributed by atoms with Crippen molar-refractivity contribution < 1.29 is 4.74 Å². The topological polar surface area (TPSA) is 33.0 Å². The van der Waals surface area contributed by atoms with E-state index in [0.29, 0.717) is 6.61 Å². The number of rotatable bonds is 4. The van der Waals surface area contributed by atoms with Crippen molar-refractivity contribution in [2.24, 2.45) is 0 Å². The molecule has 2 aromatic rings. The highest BCUT2D eigenvalue weighted by molar-refractivity contribution is 7.16. The van der Waals surface area contributed by atoms with Gasteiger partial charge in [0.2, 0.25) is 0 Å². The lowest BCUT2D eigenvalue weighted by atomic mass is 10.2. The van der Waals surface area contributed by atoms with Crippen LogP contribution in [-0.4, -0.2) is 6.61 Å². The SMILES string of the molecule is C/C=C/COc1ccc(-c2ccc(C#N)s2)cc1. The number of allylic oxidation sites excluding steroid dienone is 1. The summed E-state index contributed by atoms with van der Waals surface area (Å²) in [6, 6.07) is 13.9. The van der Waals surface area contributed by atoms with Crippen LogP contribution in [0.2, 0.25) is 0 Å². The van der Waals surface area contributed by atoms with E-state index in [-0.39, 0.29) is 0 Å². The van der Waals surface area contributed by atoms with Gasteiger partial charge in [0, 0.05) is 4.88 Å². The molecule has 0 aliphatic carbocycles. The first-order valence-corrected chi connectivity index (χ1v) is 6.49. The number of hydrogen-bond acceptors (Lipinski definition) is 3. The Morgan fingerprint density at radius 2 is 2.00 bits per heavy atom. The van der Waals surface area contributed by atoms with E-state index in [2.05, 4.69) is 6.07 Å². The van der Waals surface area contributed by atoms with Gasteiger partial charge in [-0.2, -0.15) is 5.26 Å². The molecule has 0 saturated carbocycles. The number of ether oxygens (including phenoxy) is 1. The average molecular weight is 255 g/mol. The van der Waals surface area contributed by atoms with Crippen molar-refractivity contribution in [3.63, 3.8) is 0 Å². The van der Waals surface area contributed by atoms with Gasteiger partial charge in [0.1, 0.15) is 23.3 Å². The second-order valence-electron chi connectivity index (χ2n) is 3.68. The van der Waals surface area contributed by atoms with E-state index < -0.39 is 0 Å². The summed E-state index contributed by atoms with van der Waals surface area (Å²) in [5.74, 6) is 0.855. The smallest absolute Gasteiger partial charge is 0.119 e. The molecule has 1 aromatic carbocycles. The molecule has 2 rings (SSSR count). The molecule has 0 aliphatic heterocycles. The third-order valence-electron chi connectivity index (χ3n) is 2.44. The van der Waals surface area contributed by atoms with Gasteiger partial charge in [-0.15, -0.1) is 11.3 Å². The lowest BCUT2D eigenvalue weighted by Crippen LogP contribution is -1.92. The molecule has 0 N–H and O–H groups in total. The number of benzene rings is 1. The minimum Gasteiger partial charge on any atom is -0.490 e. The molecule has 0 amide bonds. The van der Waals surface area contributed by atoms with Crippen molar-refractivity contribution in [3.05, 3.63) is 53.4 Å². The van der Waals surface area contributed by atoms with E-state index in [1.807, 2.05) is 55.5 Å². The summed E-state index contributed by atoms with van der Waals surface area (Å²) in [6.07, 6.45) is 3.93. The van der Waals surface area contributed by atoms with E-state index in [0.717, 1.165) is 21.1 Å². The zero-order valence-electron chi connectivity index (χ0n) is 10.1. The Morgan fingerprint density at radius 3 is 2.61 bits per heavy atom.